The van der Waals surface area contributed by atoms with Crippen molar-refractivity contribution < 1.29 is 14.0 Å². The average molecular weight is 429 g/mol. The number of aryl methyl sites for hydroxylation is 1. The van der Waals surface area contributed by atoms with Crippen LogP contribution in [-0.2, 0) is 4.79 Å². The summed E-state index contributed by atoms with van der Waals surface area (Å²) >= 11 is 1.37. The number of rotatable bonds is 6. The number of carbonyl (C=O) groups excluding carboxylic acids is 2. The van der Waals surface area contributed by atoms with E-state index in [9.17, 15) is 14.0 Å². The first-order valence-corrected chi connectivity index (χ1v) is 11.6. The van der Waals surface area contributed by atoms with Crippen molar-refractivity contribution in [3.8, 4) is 0 Å². The summed E-state index contributed by atoms with van der Waals surface area (Å²) in [5.41, 5.74) is 1.74. The molecule has 30 heavy (non-hydrogen) atoms. The van der Waals surface area contributed by atoms with E-state index in [0.717, 1.165) is 17.7 Å². The summed E-state index contributed by atoms with van der Waals surface area (Å²) in [5, 5.41) is 6.00. The molecule has 0 bridgehead atoms. The summed E-state index contributed by atoms with van der Waals surface area (Å²) in [4.78, 5) is 26.0. The molecular weight excluding hydrogens is 399 g/mol. The molecule has 2 amide bonds. The lowest BCUT2D eigenvalue weighted by Crippen LogP contribution is -2.36. The van der Waals surface area contributed by atoms with Gasteiger partial charge >= 0.3 is 0 Å². The number of hydrogen-bond donors (Lipinski definition) is 2. The maximum Gasteiger partial charge on any atom is 0.256 e. The van der Waals surface area contributed by atoms with Crippen molar-refractivity contribution in [1.29, 1.82) is 0 Å². The zero-order valence-electron chi connectivity index (χ0n) is 17.4. The van der Waals surface area contributed by atoms with Gasteiger partial charge in [0.05, 0.1) is 11.3 Å². The van der Waals surface area contributed by atoms with E-state index >= 15 is 0 Å². The Morgan fingerprint density at radius 3 is 2.47 bits per heavy atom. The van der Waals surface area contributed by atoms with Crippen molar-refractivity contribution in [3.63, 3.8) is 0 Å². The molecule has 1 saturated carbocycles. The lowest BCUT2D eigenvalue weighted by molar-refractivity contribution is -0.119. The first-order chi connectivity index (χ1) is 14.5. The second-order valence-electron chi connectivity index (χ2n) is 7.81. The molecule has 0 atom stereocenters. The molecule has 0 spiro atoms. The summed E-state index contributed by atoms with van der Waals surface area (Å²) < 4.78 is 13.3. The molecular formula is C24H29FN2O2S. The highest BCUT2D eigenvalue weighted by Gasteiger charge is 2.17. The summed E-state index contributed by atoms with van der Waals surface area (Å²) in [6.07, 6.45) is 8.23. The Morgan fingerprint density at radius 1 is 1.03 bits per heavy atom. The lowest BCUT2D eigenvalue weighted by atomic mass is 9.97. The number of nitrogens with one attached hydrogen (secondary N) is 2. The lowest BCUT2D eigenvalue weighted by Gasteiger charge is -2.21. The quantitative estimate of drug-likeness (QED) is 0.580. The zero-order chi connectivity index (χ0) is 21.3. The van der Waals surface area contributed by atoms with Gasteiger partial charge in [-0.25, -0.2) is 4.39 Å². The number of benzene rings is 2. The molecule has 2 aromatic rings. The van der Waals surface area contributed by atoms with Crippen LogP contribution in [-0.4, -0.2) is 23.6 Å². The number of amides is 2. The van der Waals surface area contributed by atoms with Gasteiger partial charge in [-0.05, 0) is 55.7 Å². The van der Waals surface area contributed by atoms with Crippen molar-refractivity contribution in [2.75, 3.05) is 11.1 Å². The molecule has 160 valence electrons. The second kappa shape index (κ2) is 11.2. The third-order valence-corrected chi connectivity index (χ3v) is 6.47. The van der Waals surface area contributed by atoms with E-state index in [4.69, 9.17) is 0 Å². The van der Waals surface area contributed by atoms with Gasteiger partial charge in [-0.1, -0.05) is 44.2 Å². The van der Waals surface area contributed by atoms with Crippen LogP contribution in [0.1, 0.15) is 60.9 Å². The van der Waals surface area contributed by atoms with Crippen LogP contribution in [0.4, 0.5) is 10.1 Å². The molecule has 3 rings (SSSR count). The number of anilines is 1. The van der Waals surface area contributed by atoms with E-state index in [1.54, 1.807) is 25.1 Å². The number of carbonyl (C=O) groups is 2. The standard InChI is InChI=1S/C24H29FN2O2S/c1-17-15-18(25)13-14-21(17)27-24(29)20-11-7-8-12-22(20)30-16-23(28)26-19-9-5-3-2-4-6-10-19/h7-8,11-15,19H,2-6,9-10,16H2,1H3,(H,26,28)(H,27,29). The summed E-state index contributed by atoms with van der Waals surface area (Å²) in [5.74, 6) is -0.323. The van der Waals surface area contributed by atoms with Crippen LogP contribution >= 0.6 is 11.8 Å². The van der Waals surface area contributed by atoms with Crippen molar-refractivity contribution in [1.82, 2.24) is 5.32 Å². The summed E-state index contributed by atoms with van der Waals surface area (Å²) in [6.45, 7) is 1.75. The van der Waals surface area contributed by atoms with Crippen LogP contribution in [0.15, 0.2) is 47.4 Å². The van der Waals surface area contributed by atoms with Gasteiger partial charge in [-0.15, -0.1) is 11.8 Å². The summed E-state index contributed by atoms with van der Waals surface area (Å²) in [7, 11) is 0. The van der Waals surface area contributed by atoms with Crippen molar-refractivity contribution >= 4 is 29.3 Å². The van der Waals surface area contributed by atoms with E-state index in [1.165, 1.54) is 56.0 Å². The van der Waals surface area contributed by atoms with Gasteiger partial charge in [0.2, 0.25) is 5.91 Å². The highest BCUT2D eigenvalue weighted by atomic mass is 32.2. The maximum absolute atomic E-state index is 13.3. The third-order valence-electron chi connectivity index (χ3n) is 5.40. The van der Waals surface area contributed by atoms with Crippen molar-refractivity contribution in [2.45, 2.75) is 62.8 Å². The molecule has 2 N–H and O–H groups in total. The Hall–Kier alpha value is -2.34. The smallest absolute Gasteiger partial charge is 0.256 e. The Bertz CT molecular complexity index is 879. The molecule has 1 aliphatic rings. The molecule has 2 aromatic carbocycles. The van der Waals surface area contributed by atoms with Gasteiger partial charge in [0.15, 0.2) is 0 Å². The Kier molecular flexibility index (Phi) is 8.31. The van der Waals surface area contributed by atoms with Gasteiger partial charge in [-0.2, -0.15) is 0 Å². The molecule has 1 aliphatic carbocycles. The van der Waals surface area contributed by atoms with Gasteiger partial charge in [0, 0.05) is 16.6 Å². The SMILES string of the molecule is Cc1cc(F)ccc1NC(=O)c1ccccc1SCC(=O)NC1CCCCCCC1. The van der Waals surface area contributed by atoms with Gasteiger partial charge in [0.1, 0.15) is 5.82 Å². The van der Waals surface area contributed by atoms with Gasteiger partial charge in [-0.3, -0.25) is 9.59 Å². The van der Waals surface area contributed by atoms with Gasteiger partial charge in [0.25, 0.3) is 5.91 Å². The van der Waals surface area contributed by atoms with E-state index in [-0.39, 0.29) is 29.4 Å². The molecule has 6 heteroatoms. The van der Waals surface area contributed by atoms with Crippen LogP contribution in [0.3, 0.4) is 0 Å². The Labute approximate surface area is 182 Å². The minimum absolute atomic E-state index is 0.00941. The predicted molar refractivity (Wildman–Crippen MR) is 121 cm³/mol. The second-order valence-corrected chi connectivity index (χ2v) is 8.82. The topological polar surface area (TPSA) is 58.2 Å². The van der Waals surface area contributed by atoms with Crippen LogP contribution in [0.25, 0.3) is 0 Å². The maximum atomic E-state index is 13.3. The van der Waals surface area contributed by atoms with E-state index in [1.807, 2.05) is 12.1 Å². The Morgan fingerprint density at radius 2 is 1.73 bits per heavy atom. The monoisotopic (exact) mass is 428 g/mol. The fourth-order valence-corrected chi connectivity index (χ4v) is 4.61. The molecule has 0 aliphatic heterocycles. The average Bonchev–Trinajstić information content (AvgIpc) is 2.70. The first-order valence-electron chi connectivity index (χ1n) is 10.6. The van der Waals surface area contributed by atoms with Gasteiger partial charge < -0.3 is 10.6 Å². The normalized spacial score (nSPS) is 15.1. The first kappa shape index (κ1) is 22.3. The molecule has 4 nitrogen and oxygen atoms in total. The fourth-order valence-electron chi connectivity index (χ4n) is 3.75. The van der Waals surface area contributed by atoms with Crippen LogP contribution in [0, 0.1) is 12.7 Å². The highest BCUT2D eigenvalue weighted by Crippen LogP contribution is 2.25. The largest absolute Gasteiger partial charge is 0.353 e. The number of halogens is 1. The van der Waals surface area contributed by atoms with Crippen LogP contribution < -0.4 is 10.6 Å². The molecule has 0 radical (unpaired) electrons. The highest BCUT2D eigenvalue weighted by molar-refractivity contribution is 8.00. The zero-order valence-corrected chi connectivity index (χ0v) is 18.2. The molecule has 0 saturated heterocycles. The number of thioether (sulfide) groups is 1. The van der Waals surface area contributed by atoms with E-state index in [2.05, 4.69) is 10.6 Å². The minimum Gasteiger partial charge on any atom is -0.353 e. The van der Waals surface area contributed by atoms with Crippen LogP contribution in [0.5, 0.6) is 0 Å². The molecule has 0 aromatic heterocycles. The molecule has 0 heterocycles. The minimum atomic E-state index is -0.336. The van der Waals surface area contributed by atoms with E-state index in [0.29, 0.717) is 16.8 Å². The fraction of sp³-hybridized carbons (Fsp3) is 0.417. The predicted octanol–water partition coefficient (Wildman–Crippen LogP) is 5.71. The summed E-state index contributed by atoms with van der Waals surface area (Å²) in [6, 6.07) is 11.8. The molecule has 0 unspecified atom stereocenters. The third kappa shape index (κ3) is 6.59. The van der Waals surface area contributed by atoms with Crippen molar-refractivity contribution in [2.24, 2.45) is 0 Å². The van der Waals surface area contributed by atoms with Crippen LogP contribution in [0.2, 0.25) is 0 Å². The van der Waals surface area contributed by atoms with Crippen molar-refractivity contribution in [3.05, 3.63) is 59.4 Å². The molecule has 1 fully saturated rings. The Balaban J connectivity index is 1.59. The number of hydrogen-bond acceptors (Lipinski definition) is 3. The van der Waals surface area contributed by atoms with E-state index < -0.39 is 0 Å².